The quantitative estimate of drug-likeness (QED) is 0.853. The molecule has 5 nitrogen and oxygen atoms in total. The molecule has 22 heavy (non-hydrogen) atoms. The molecular weight excluding hydrogens is 298 g/mol. The molecule has 0 unspecified atom stereocenters. The molecule has 2 heterocycles. The third-order valence-corrected chi connectivity index (χ3v) is 4.78. The number of thiazole rings is 1. The molecule has 0 bridgehead atoms. The molecule has 0 N–H and O–H groups in total. The van der Waals surface area contributed by atoms with Gasteiger partial charge in [0.25, 0.3) is 5.91 Å². The highest BCUT2D eigenvalue weighted by molar-refractivity contribution is 7.16. The van der Waals surface area contributed by atoms with E-state index in [1.165, 1.54) is 11.3 Å². The van der Waals surface area contributed by atoms with E-state index in [1.54, 1.807) is 22.9 Å². The lowest BCUT2D eigenvalue weighted by Gasteiger charge is -2.33. The summed E-state index contributed by atoms with van der Waals surface area (Å²) in [5.41, 5.74) is 1.02. The van der Waals surface area contributed by atoms with Crippen molar-refractivity contribution < 1.29 is 9.59 Å². The second-order valence-corrected chi connectivity index (χ2v) is 6.22. The summed E-state index contributed by atoms with van der Waals surface area (Å²) in [6.07, 6.45) is 1.65. The van der Waals surface area contributed by atoms with Gasteiger partial charge in [0.15, 0.2) is 0 Å². The molecule has 1 saturated heterocycles. The molecule has 6 heteroatoms. The van der Waals surface area contributed by atoms with Gasteiger partial charge in [-0.15, -0.1) is 11.3 Å². The number of amides is 2. The number of carbonyl (C=O) groups is 2. The van der Waals surface area contributed by atoms with Crippen LogP contribution in [0.15, 0.2) is 36.5 Å². The van der Waals surface area contributed by atoms with Gasteiger partial charge >= 0.3 is 0 Å². The average Bonchev–Trinajstić information content (AvgIpc) is 3.05. The number of hydrogen-bond donors (Lipinski definition) is 0. The van der Waals surface area contributed by atoms with Crippen LogP contribution in [0.3, 0.4) is 0 Å². The van der Waals surface area contributed by atoms with Crippen molar-refractivity contribution in [3.05, 3.63) is 41.4 Å². The smallest absolute Gasteiger partial charge is 0.265 e. The maximum absolute atomic E-state index is 12.5. The van der Waals surface area contributed by atoms with E-state index < -0.39 is 0 Å². The maximum Gasteiger partial charge on any atom is 0.265 e. The summed E-state index contributed by atoms with van der Waals surface area (Å²) < 4.78 is 0. The topological polar surface area (TPSA) is 53.5 Å². The predicted molar refractivity (Wildman–Crippen MR) is 85.7 cm³/mol. The molecule has 0 spiro atoms. The fourth-order valence-corrected chi connectivity index (χ4v) is 3.36. The molecule has 0 atom stereocenters. The van der Waals surface area contributed by atoms with Gasteiger partial charge in [-0.1, -0.05) is 30.3 Å². The van der Waals surface area contributed by atoms with E-state index in [2.05, 4.69) is 4.98 Å². The largest absolute Gasteiger partial charge is 0.339 e. The van der Waals surface area contributed by atoms with Crippen LogP contribution < -0.4 is 0 Å². The molecule has 1 aliphatic heterocycles. The van der Waals surface area contributed by atoms with Crippen LogP contribution in [0.5, 0.6) is 0 Å². The second-order valence-electron chi connectivity index (χ2n) is 5.19. The van der Waals surface area contributed by atoms with Gasteiger partial charge in [-0.2, -0.15) is 0 Å². The Morgan fingerprint density at radius 2 is 1.68 bits per heavy atom. The Bertz CT molecular complexity index is 676. The molecular formula is C16H17N3O2S. The lowest BCUT2D eigenvalue weighted by atomic mass is 10.2. The first kappa shape index (κ1) is 14.7. The van der Waals surface area contributed by atoms with Crippen LogP contribution in [-0.4, -0.2) is 52.8 Å². The first-order valence-electron chi connectivity index (χ1n) is 7.21. The Hall–Kier alpha value is -2.21. The molecule has 1 aromatic heterocycles. The Balaban J connectivity index is 1.69. The summed E-state index contributed by atoms with van der Waals surface area (Å²) >= 11 is 1.41. The van der Waals surface area contributed by atoms with Gasteiger partial charge in [-0.3, -0.25) is 9.59 Å². The van der Waals surface area contributed by atoms with Gasteiger partial charge in [0.05, 0.1) is 6.20 Å². The van der Waals surface area contributed by atoms with Gasteiger partial charge < -0.3 is 9.80 Å². The molecule has 0 radical (unpaired) electrons. The fraction of sp³-hybridized carbons (Fsp3) is 0.312. The van der Waals surface area contributed by atoms with Crippen molar-refractivity contribution in [3.8, 4) is 10.6 Å². The number of aromatic nitrogens is 1. The summed E-state index contributed by atoms with van der Waals surface area (Å²) in [5, 5.41) is 0.853. The van der Waals surface area contributed by atoms with Crippen molar-refractivity contribution >= 4 is 23.2 Å². The number of carbonyl (C=O) groups excluding carboxylic acids is 2. The molecule has 3 rings (SSSR count). The van der Waals surface area contributed by atoms with Crippen molar-refractivity contribution in [3.63, 3.8) is 0 Å². The Morgan fingerprint density at radius 1 is 1.05 bits per heavy atom. The SMILES string of the molecule is CC(=O)N1CCN(C(=O)c2cnc(-c3ccccc3)s2)CC1. The number of piperazine rings is 1. The third-order valence-electron chi connectivity index (χ3n) is 3.75. The predicted octanol–water partition coefficient (Wildman–Crippen LogP) is 2.11. The van der Waals surface area contributed by atoms with Crippen molar-refractivity contribution in [2.45, 2.75) is 6.92 Å². The number of hydrogen-bond acceptors (Lipinski definition) is 4. The summed E-state index contributed by atoms with van der Waals surface area (Å²) in [4.78, 5) is 32.4. The summed E-state index contributed by atoms with van der Waals surface area (Å²) in [6.45, 7) is 3.93. The summed E-state index contributed by atoms with van der Waals surface area (Å²) in [6, 6.07) is 9.84. The van der Waals surface area contributed by atoms with Crippen molar-refractivity contribution in [2.24, 2.45) is 0 Å². The van der Waals surface area contributed by atoms with Crippen LogP contribution in [0, 0.1) is 0 Å². The molecule has 0 aliphatic carbocycles. The fourth-order valence-electron chi connectivity index (χ4n) is 2.47. The molecule has 1 aromatic carbocycles. The average molecular weight is 315 g/mol. The minimum atomic E-state index is 0.00267. The van der Waals surface area contributed by atoms with E-state index in [-0.39, 0.29) is 11.8 Å². The zero-order valence-corrected chi connectivity index (χ0v) is 13.2. The van der Waals surface area contributed by atoms with Crippen LogP contribution in [-0.2, 0) is 4.79 Å². The minimum Gasteiger partial charge on any atom is -0.339 e. The Labute approximate surface area is 133 Å². The molecule has 114 valence electrons. The Kier molecular flexibility index (Phi) is 4.20. The highest BCUT2D eigenvalue weighted by Crippen LogP contribution is 2.25. The standard InChI is InChI=1S/C16H17N3O2S/c1-12(20)18-7-9-19(10-8-18)16(21)14-11-17-15(22-14)13-5-3-2-4-6-13/h2-6,11H,7-10H2,1H3. The van der Waals surface area contributed by atoms with E-state index in [0.29, 0.717) is 31.1 Å². The van der Waals surface area contributed by atoms with E-state index in [1.807, 2.05) is 30.3 Å². The van der Waals surface area contributed by atoms with Crippen LogP contribution in [0.1, 0.15) is 16.6 Å². The highest BCUT2D eigenvalue weighted by atomic mass is 32.1. The molecule has 2 aromatic rings. The number of rotatable bonds is 2. The van der Waals surface area contributed by atoms with Crippen molar-refractivity contribution in [1.29, 1.82) is 0 Å². The van der Waals surface area contributed by atoms with Crippen LogP contribution in [0.25, 0.3) is 10.6 Å². The molecule has 1 fully saturated rings. The van der Waals surface area contributed by atoms with Gasteiger partial charge in [0, 0.05) is 38.7 Å². The van der Waals surface area contributed by atoms with Crippen molar-refractivity contribution in [1.82, 2.24) is 14.8 Å². The Morgan fingerprint density at radius 3 is 2.32 bits per heavy atom. The van der Waals surface area contributed by atoms with Gasteiger partial charge in [-0.25, -0.2) is 4.98 Å². The first-order valence-corrected chi connectivity index (χ1v) is 8.03. The van der Waals surface area contributed by atoms with Crippen LogP contribution in [0.4, 0.5) is 0 Å². The van der Waals surface area contributed by atoms with Gasteiger partial charge in [0.2, 0.25) is 5.91 Å². The van der Waals surface area contributed by atoms with E-state index in [0.717, 1.165) is 10.6 Å². The van der Waals surface area contributed by atoms with E-state index in [4.69, 9.17) is 0 Å². The first-order chi connectivity index (χ1) is 10.6. The van der Waals surface area contributed by atoms with Crippen LogP contribution >= 0.6 is 11.3 Å². The monoisotopic (exact) mass is 315 g/mol. The normalized spacial score (nSPS) is 15.0. The van der Waals surface area contributed by atoms with Gasteiger partial charge in [0.1, 0.15) is 9.88 Å². The summed E-state index contributed by atoms with van der Waals surface area (Å²) in [5.74, 6) is 0.0686. The number of benzene rings is 1. The summed E-state index contributed by atoms with van der Waals surface area (Å²) in [7, 11) is 0. The van der Waals surface area contributed by atoms with E-state index >= 15 is 0 Å². The third kappa shape index (κ3) is 3.01. The lowest BCUT2D eigenvalue weighted by molar-refractivity contribution is -0.130. The zero-order valence-electron chi connectivity index (χ0n) is 12.4. The molecule has 0 saturated carbocycles. The lowest BCUT2D eigenvalue weighted by Crippen LogP contribution is -2.49. The van der Waals surface area contributed by atoms with Gasteiger partial charge in [-0.05, 0) is 0 Å². The zero-order chi connectivity index (χ0) is 15.5. The maximum atomic E-state index is 12.5. The second kappa shape index (κ2) is 6.27. The minimum absolute atomic E-state index is 0.00267. The molecule has 2 amide bonds. The van der Waals surface area contributed by atoms with Crippen LogP contribution in [0.2, 0.25) is 0 Å². The van der Waals surface area contributed by atoms with Crippen molar-refractivity contribution in [2.75, 3.05) is 26.2 Å². The van der Waals surface area contributed by atoms with E-state index in [9.17, 15) is 9.59 Å². The highest BCUT2D eigenvalue weighted by Gasteiger charge is 2.24. The molecule has 1 aliphatic rings. The number of nitrogens with zero attached hydrogens (tertiary/aromatic N) is 3.